The molecule has 0 spiro atoms. The van der Waals surface area contributed by atoms with Gasteiger partial charge in [0, 0.05) is 19.0 Å². The molecule has 0 radical (unpaired) electrons. The van der Waals surface area contributed by atoms with E-state index in [0.29, 0.717) is 18.6 Å². The number of fused-ring (bicyclic) bond motifs is 1. The molecular weight excluding hydrogens is 205 g/mol. The van der Waals surface area contributed by atoms with Gasteiger partial charge in [0.05, 0.1) is 5.52 Å². The summed E-state index contributed by atoms with van der Waals surface area (Å²) in [4.78, 5) is 4.36. The molecule has 0 fully saturated rings. The second-order valence-electron chi connectivity index (χ2n) is 4.17. The molecule has 4 heteroatoms. The largest absolute Gasteiger partial charge is 0.329 e. The van der Waals surface area contributed by atoms with Crippen molar-refractivity contribution in [1.82, 2.24) is 9.55 Å². The molecule has 0 aliphatic carbocycles. The number of para-hydroxylation sites is 1. The molecule has 0 aliphatic heterocycles. The number of hydrogen-bond donors (Lipinski definition) is 1. The number of nitrogens with zero attached hydrogens (tertiary/aromatic N) is 2. The second kappa shape index (κ2) is 4.22. The lowest BCUT2D eigenvalue weighted by atomic mass is 10.2. The van der Waals surface area contributed by atoms with Gasteiger partial charge in [-0.25, -0.2) is 9.37 Å². The van der Waals surface area contributed by atoms with Crippen LogP contribution in [0.25, 0.3) is 11.0 Å². The highest BCUT2D eigenvalue weighted by Gasteiger charge is 2.15. The lowest BCUT2D eigenvalue weighted by Crippen LogP contribution is -2.13. The fourth-order valence-electron chi connectivity index (χ4n) is 1.94. The quantitative estimate of drug-likeness (QED) is 0.864. The molecule has 1 heterocycles. The summed E-state index contributed by atoms with van der Waals surface area (Å²) in [6.45, 7) is 5.30. The van der Waals surface area contributed by atoms with Gasteiger partial charge >= 0.3 is 0 Å². The molecule has 3 nitrogen and oxygen atoms in total. The molecule has 0 saturated carbocycles. The first kappa shape index (κ1) is 11.1. The molecular formula is C12H16FN3. The average molecular weight is 221 g/mol. The number of benzene rings is 1. The minimum Gasteiger partial charge on any atom is -0.329 e. The number of halogens is 1. The van der Waals surface area contributed by atoms with Gasteiger partial charge in [0.15, 0.2) is 5.82 Å². The Morgan fingerprint density at radius 1 is 1.44 bits per heavy atom. The van der Waals surface area contributed by atoms with E-state index in [9.17, 15) is 4.39 Å². The Kier molecular flexibility index (Phi) is 2.92. The smallest absolute Gasteiger partial charge is 0.151 e. The van der Waals surface area contributed by atoms with Crippen LogP contribution < -0.4 is 5.73 Å². The van der Waals surface area contributed by atoms with Gasteiger partial charge in [-0.05, 0) is 12.1 Å². The first-order valence-electron chi connectivity index (χ1n) is 5.50. The molecule has 1 aromatic carbocycles. The van der Waals surface area contributed by atoms with Crippen LogP contribution in [0, 0.1) is 5.82 Å². The van der Waals surface area contributed by atoms with Gasteiger partial charge in [-0.15, -0.1) is 0 Å². The fraction of sp³-hybridized carbons (Fsp3) is 0.417. The Morgan fingerprint density at radius 2 is 2.19 bits per heavy atom. The molecule has 0 unspecified atom stereocenters. The van der Waals surface area contributed by atoms with Crippen molar-refractivity contribution in [2.75, 3.05) is 6.54 Å². The molecule has 0 atom stereocenters. The van der Waals surface area contributed by atoms with E-state index in [1.807, 2.05) is 24.5 Å². The summed E-state index contributed by atoms with van der Waals surface area (Å²) >= 11 is 0. The number of rotatable bonds is 3. The Bertz CT molecular complexity index is 502. The third-order valence-corrected chi connectivity index (χ3v) is 2.63. The van der Waals surface area contributed by atoms with Crippen LogP contribution in [0.15, 0.2) is 18.2 Å². The Morgan fingerprint density at radius 3 is 2.81 bits per heavy atom. The van der Waals surface area contributed by atoms with Crippen LogP contribution >= 0.6 is 0 Å². The molecule has 0 saturated heterocycles. The number of nitrogens with two attached hydrogens (primary N) is 1. The SMILES string of the molecule is CC(C)c1nc2c(F)cccc2n1CCN. The van der Waals surface area contributed by atoms with Crippen LogP contribution in [0.2, 0.25) is 0 Å². The Labute approximate surface area is 94.1 Å². The summed E-state index contributed by atoms with van der Waals surface area (Å²) < 4.78 is 15.6. The average Bonchev–Trinajstić information content (AvgIpc) is 2.60. The van der Waals surface area contributed by atoms with Gasteiger partial charge in [-0.1, -0.05) is 19.9 Å². The van der Waals surface area contributed by atoms with Gasteiger partial charge in [0.1, 0.15) is 11.3 Å². The number of aromatic nitrogens is 2. The summed E-state index contributed by atoms with van der Waals surface area (Å²) in [5, 5.41) is 0. The normalized spacial score (nSPS) is 11.6. The zero-order valence-corrected chi connectivity index (χ0v) is 9.57. The van der Waals surface area contributed by atoms with E-state index in [1.54, 1.807) is 6.07 Å². The molecule has 86 valence electrons. The maximum Gasteiger partial charge on any atom is 0.151 e. The van der Waals surface area contributed by atoms with Crippen LogP contribution in [0.3, 0.4) is 0 Å². The van der Waals surface area contributed by atoms with Crippen LogP contribution in [-0.4, -0.2) is 16.1 Å². The third kappa shape index (κ3) is 1.69. The van der Waals surface area contributed by atoms with E-state index in [-0.39, 0.29) is 11.7 Å². The molecule has 2 rings (SSSR count). The van der Waals surface area contributed by atoms with E-state index in [0.717, 1.165) is 11.3 Å². The van der Waals surface area contributed by atoms with Crippen molar-refractivity contribution in [2.24, 2.45) is 5.73 Å². The summed E-state index contributed by atoms with van der Waals surface area (Å²) in [5.74, 6) is 0.888. The predicted molar refractivity (Wildman–Crippen MR) is 62.8 cm³/mol. The van der Waals surface area contributed by atoms with E-state index >= 15 is 0 Å². The first-order chi connectivity index (χ1) is 7.65. The van der Waals surface area contributed by atoms with Crippen molar-refractivity contribution in [2.45, 2.75) is 26.3 Å². The molecule has 2 aromatic rings. The predicted octanol–water partition coefficient (Wildman–Crippen LogP) is 2.26. The van der Waals surface area contributed by atoms with E-state index in [2.05, 4.69) is 4.98 Å². The minimum atomic E-state index is -0.268. The van der Waals surface area contributed by atoms with E-state index in [4.69, 9.17) is 5.73 Å². The van der Waals surface area contributed by atoms with Crippen molar-refractivity contribution >= 4 is 11.0 Å². The fourth-order valence-corrected chi connectivity index (χ4v) is 1.94. The topological polar surface area (TPSA) is 43.8 Å². The van der Waals surface area contributed by atoms with Crippen molar-refractivity contribution in [3.8, 4) is 0 Å². The highest BCUT2D eigenvalue weighted by molar-refractivity contribution is 5.76. The standard InChI is InChI=1S/C12H16FN3/c1-8(2)12-15-11-9(13)4-3-5-10(11)16(12)7-6-14/h3-5,8H,6-7,14H2,1-2H3. The van der Waals surface area contributed by atoms with Crippen LogP contribution in [0.1, 0.15) is 25.6 Å². The molecule has 1 aromatic heterocycles. The highest BCUT2D eigenvalue weighted by Crippen LogP contribution is 2.23. The maximum atomic E-state index is 13.6. The molecule has 0 amide bonds. The molecule has 2 N–H and O–H groups in total. The zero-order chi connectivity index (χ0) is 11.7. The van der Waals surface area contributed by atoms with E-state index < -0.39 is 0 Å². The number of imidazole rings is 1. The van der Waals surface area contributed by atoms with Crippen molar-refractivity contribution in [3.05, 3.63) is 29.8 Å². The van der Waals surface area contributed by atoms with Crippen molar-refractivity contribution in [1.29, 1.82) is 0 Å². The Balaban J connectivity index is 2.70. The van der Waals surface area contributed by atoms with Gasteiger partial charge < -0.3 is 10.3 Å². The third-order valence-electron chi connectivity index (χ3n) is 2.63. The lowest BCUT2D eigenvalue weighted by Gasteiger charge is -2.09. The van der Waals surface area contributed by atoms with Crippen LogP contribution in [0.5, 0.6) is 0 Å². The summed E-state index contributed by atoms with van der Waals surface area (Å²) in [7, 11) is 0. The highest BCUT2D eigenvalue weighted by atomic mass is 19.1. The lowest BCUT2D eigenvalue weighted by molar-refractivity contribution is 0.635. The number of hydrogen-bond acceptors (Lipinski definition) is 2. The summed E-state index contributed by atoms with van der Waals surface area (Å²) in [6, 6.07) is 5.02. The van der Waals surface area contributed by atoms with Crippen molar-refractivity contribution < 1.29 is 4.39 Å². The van der Waals surface area contributed by atoms with E-state index in [1.165, 1.54) is 6.07 Å². The van der Waals surface area contributed by atoms with Crippen LogP contribution in [-0.2, 0) is 6.54 Å². The monoisotopic (exact) mass is 221 g/mol. The van der Waals surface area contributed by atoms with Gasteiger partial charge in [-0.2, -0.15) is 0 Å². The van der Waals surface area contributed by atoms with Crippen LogP contribution in [0.4, 0.5) is 4.39 Å². The van der Waals surface area contributed by atoms with Gasteiger partial charge in [0.25, 0.3) is 0 Å². The Hall–Kier alpha value is -1.42. The van der Waals surface area contributed by atoms with Gasteiger partial charge in [-0.3, -0.25) is 0 Å². The maximum absolute atomic E-state index is 13.6. The second-order valence-corrected chi connectivity index (χ2v) is 4.17. The zero-order valence-electron chi connectivity index (χ0n) is 9.57. The summed E-state index contributed by atoms with van der Waals surface area (Å²) in [5.41, 5.74) is 6.85. The molecule has 0 bridgehead atoms. The first-order valence-corrected chi connectivity index (χ1v) is 5.50. The molecule has 0 aliphatic rings. The van der Waals surface area contributed by atoms with Gasteiger partial charge in [0.2, 0.25) is 0 Å². The molecule has 16 heavy (non-hydrogen) atoms. The minimum absolute atomic E-state index is 0.262. The van der Waals surface area contributed by atoms with Crippen molar-refractivity contribution in [3.63, 3.8) is 0 Å². The summed E-state index contributed by atoms with van der Waals surface area (Å²) in [6.07, 6.45) is 0.